The fraction of sp³-hybridized carbons (Fsp3) is 0.381. The van der Waals surface area contributed by atoms with E-state index in [0.29, 0.717) is 18.0 Å². The van der Waals surface area contributed by atoms with Gasteiger partial charge in [-0.3, -0.25) is 4.79 Å². The van der Waals surface area contributed by atoms with Crippen molar-refractivity contribution in [1.82, 2.24) is 4.31 Å². The van der Waals surface area contributed by atoms with Crippen molar-refractivity contribution in [2.75, 3.05) is 25.0 Å². The smallest absolute Gasteiger partial charge is 0.417 e. The Bertz CT molecular complexity index is 1020. The van der Waals surface area contributed by atoms with Crippen molar-refractivity contribution < 1.29 is 31.1 Å². The second kappa shape index (κ2) is 9.27. The average molecular weight is 456 g/mol. The Kier molecular flexibility index (Phi) is 6.90. The number of alkyl halides is 3. The molecule has 0 aliphatic carbocycles. The monoisotopic (exact) mass is 456 g/mol. The van der Waals surface area contributed by atoms with Gasteiger partial charge in [0, 0.05) is 24.7 Å². The number of nitrogens with one attached hydrogen (secondary N) is 1. The van der Waals surface area contributed by atoms with Crippen LogP contribution in [0.5, 0.6) is 5.75 Å². The molecule has 6 nitrogen and oxygen atoms in total. The Morgan fingerprint density at radius 1 is 1.10 bits per heavy atom. The largest absolute Gasteiger partial charge is 0.494 e. The predicted octanol–water partition coefficient (Wildman–Crippen LogP) is 4.14. The van der Waals surface area contributed by atoms with Crippen LogP contribution in [0.25, 0.3) is 0 Å². The maximum Gasteiger partial charge on any atom is 0.417 e. The molecule has 1 N–H and O–H groups in total. The quantitative estimate of drug-likeness (QED) is 0.709. The third-order valence-electron chi connectivity index (χ3n) is 5.07. The van der Waals surface area contributed by atoms with E-state index in [9.17, 15) is 26.4 Å². The molecule has 3 rings (SSSR count). The number of amides is 1. The predicted molar refractivity (Wildman–Crippen MR) is 109 cm³/mol. The molecule has 0 atom stereocenters. The summed E-state index contributed by atoms with van der Waals surface area (Å²) in [4.78, 5) is 11.8. The first-order valence-corrected chi connectivity index (χ1v) is 11.3. The summed E-state index contributed by atoms with van der Waals surface area (Å²) in [6, 6.07) is 11.0. The molecule has 1 amide bonds. The number of benzene rings is 2. The highest BCUT2D eigenvalue weighted by Crippen LogP contribution is 2.36. The van der Waals surface area contributed by atoms with Gasteiger partial charge in [0.2, 0.25) is 15.9 Å². The van der Waals surface area contributed by atoms with Gasteiger partial charge in [-0.05, 0) is 56.2 Å². The molecule has 1 aliphatic rings. The molecule has 0 radical (unpaired) electrons. The minimum atomic E-state index is -4.78. The topological polar surface area (TPSA) is 75.7 Å². The summed E-state index contributed by atoms with van der Waals surface area (Å²) in [6.07, 6.45) is -4.34. The minimum absolute atomic E-state index is 0.0319. The molecular weight excluding hydrogens is 433 g/mol. The lowest BCUT2D eigenvalue weighted by Gasteiger charge is -2.31. The van der Waals surface area contributed by atoms with E-state index < -0.39 is 32.6 Å². The number of carbonyl (C=O) groups is 1. The van der Waals surface area contributed by atoms with Crippen LogP contribution in [0.3, 0.4) is 0 Å². The first-order valence-electron chi connectivity index (χ1n) is 9.83. The second-order valence-corrected chi connectivity index (χ2v) is 9.03. The molecule has 0 bridgehead atoms. The van der Waals surface area contributed by atoms with Gasteiger partial charge >= 0.3 is 6.18 Å². The Morgan fingerprint density at radius 2 is 1.71 bits per heavy atom. The number of carbonyl (C=O) groups excluding carboxylic acids is 1. The van der Waals surface area contributed by atoms with E-state index in [2.05, 4.69) is 5.32 Å². The molecule has 10 heteroatoms. The van der Waals surface area contributed by atoms with Crippen LogP contribution in [-0.2, 0) is 21.0 Å². The lowest BCUT2D eigenvalue weighted by atomic mass is 9.97. The summed E-state index contributed by atoms with van der Waals surface area (Å²) in [5, 5.41) is 2.78. The lowest BCUT2D eigenvalue weighted by molar-refractivity contribution is -0.139. The van der Waals surface area contributed by atoms with Crippen molar-refractivity contribution in [3.8, 4) is 5.75 Å². The van der Waals surface area contributed by atoms with Crippen LogP contribution >= 0.6 is 0 Å². The Hall–Kier alpha value is -2.59. The third-order valence-corrected chi connectivity index (χ3v) is 7.02. The number of nitrogens with zero attached hydrogens (tertiary/aromatic N) is 1. The number of hydrogen-bond acceptors (Lipinski definition) is 4. The van der Waals surface area contributed by atoms with Crippen molar-refractivity contribution in [3.05, 3.63) is 54.1 Å². The van der Waals surface area contributed by atoms with E-state index in [4.69, 9.17) is 4.74 Å². The van der Waals surface area contributed by atoms with Gasteiger partial charge in [0.15, 0.2) is 0 Å². The van der Waals surface area contributed by atoms with Gasteiger partial charge in [-0.2, -0.15) is 17.5 Å². The summed E-state index contributed by atoms with van der Waals surface area (Å²) in [5.41, 5.74) is -0.604. The summed E-state index contributed by atoms with van der Waals surface area (Å²) in [7, 11) is -4.33. The number of anilines is 1. The summed E-state index contributed by atoms with van der Waals surface area (Å²) >= 11 is 0. The van der Waals surface area contributed by atoms with Crippen LogP contribution in [-0.4, -0.2) is 38.3 Å². The van der Waals surface area contributed by atoms with Gasteiger partial charge in [-0.15, -0.1) is 0 Å². The summed E-state index contributed by atoms with van der Waals surface area (Å²) in [6.45, 7) is 2.33. The third kappa shape index (κ3) is 5.37. The molecule has 0 saturated carbocycles. The van der Waals surface area contributed by atoms with Crippen molar-refractivity contribution >= 4 is 21.6 Å². The first kappa shape index (κ1) is 23.1. The normalized spacial score (nSPS) is 16.1. The number of halogens is 3. The van der Waals surface area contributed by atoms with E-state index in [1.807, 2.05) is 6.92 Å². The van der Waals surface area contributed by atoms with E-state index in [1.165, 1.54) is 6.07 Å². The molecule has 2 aromatic rings. The van der Waals surface area contributed by atoms with Crippen molar-refractivity contribution in [2.45, 2.75) is 30.8 Å². The molecule has 1 heterocycles. The molecule has 2 aromatic carbocycles. The van der Waals surface area contributed by atoms with Crippen molar-refractivity contribution in [2.24, 2.45) is 5.92 Å². The van der Waals surface area contributed by atoms with Gasteiger partial charge in [-0.1, -0.05) is 12.1 Å². The van der Waals surface area contributed by atoms with E-state index >= 15 is 0 Å². The SMILES string of the molecule is CCOc1ccc(NC(=O)C2CCN(S(=O)(=O)c3ccccc3C(F)(F)F)CC2)cc1. The van der Waals surface area contributed by atoms with Gasteiger partial charge in [0.1, 0.15) is 5.75 Å². The molecule has 0 aromatic heterocycles. The number of sulfonamides is 1. The first-order chi connectivity index (χ1) is 14.6. The van der Waals surface area contributed by atoms with Crippen LogP contribution in [0.1, 0.15) is 25.3 Å². The van der Waals surface area contributed by atoms with Crippen LogP contribution in [0, 0.1) is 5.92 Å². The molecule has 168 valence electrons. The van der Waals surface area contributed by atoms with Crippen LogP contribution in [0.15, 0.2) is 53.4 Å². The fourth-order valence-electron chi connectivity index (χ4n) is 3.47. The van der Waals surface area contributed by atoms with Crippen molar-refractivity contribution in [3.63, 3.8) is 0 Å². The molecule has 1 saturated heterocycles. The van der Waals surface area contributed by atoms with Gasteiger partial charge in [0.05, 0.1) is 17.1 Å². The second-order valence-electron chi connectivity index (χ2n) is 7.12. The molecular formula is C21H23F3N2O4S. The standard InChI is InChI=1S/C21H23F3N2O4S/c1-2-30-17-9-7-16(8-10-17)25-20(27)15-11-13-26(14-12-15)31(28,29)19-6-4-3-5-18(19)21(22,23)24/h3-10,15H,2,11-14H2,1H3,(H,25,27). The van der Waals surface area contributed by atoms with Gasteiger partial charge in [0.25, 0.3) is 0 Å². The summed E-state index contributed by atoms with van der Waals surface area (Å²) in [5.74, 6) is -0.00840. The number of hydrogen-bond donors (Lipinski definition) is 1. The highest BCUT2D eigenvalue weighted by Gasteiger charge is 2.40. The van der Waals surface area contributed by atoms with E-state index in [0.717, 1.165) is 22.5 Å². The maximum atomic E-state index is 13.2. The molecule has 1 aliphatic heterocycles. The van der Waals surface area contributed by atoms with E-state index in [-0.39, 0.29) is 31.8 Å². The van der Waals surface area contributed by atoms with Crippen LogP contribution in [0.4, 0.5) is 18.9 Å². The maximum absolute atomic E-state index is 13.2. The fourth-order valence-corrected chi connectivity index (χ4v) is 5.15. The molecule has 31 heavy (non-hydrogen) atoms. The Balaban J connectivity index is 1.64. The van der Waals surface area contributed by atoms with Crippen LogP contribution < -0.4 is 10.1 Å². The average Bonchev–Trinajstić information content (AvgIpc) is 2.75. The Morgan fingerprint density at radius 3 is 2.29 bits per heavy atom. The van der Waals surface area contributed by atoms with Crippen molar-refractivity contribution in [1.29, 1.82) is 0 Å². The minimum Gasteiger partial charge on any atom is -0.494 e. The Labute approximate surface area is 179 Å². The lowest BCUT2D eigenvalue weighted by Crippen LogP contribution is -2.41. The summed E-state index contributed by atoms with van der Waals surface area (Å²) < 4.78 is 71.7. The number of piperidine rings is 1. The molecule has 0 spiro atoms. The zero-order chi connectivity index (χ0) is 22.6. The van der Waals surface area contributed by atoms with Gasteiger partial charge < -0.3 is 10.1 Å². The number of rotatable bonds is 6. The van der Waals surface area contributed by atoms with E-state index in [1.54, 1.807) is 24.3 Å². The number of ether oxygens (including phenoxy) is 1. The zero-order valence-corrected chi connectivity index (χ0v) is 17.7. The molecule has 1 fully saturated rings. The zero-order valence-electron chi connectivity index (χ0n) is 16.9. The van der Waals surface area contributed by atoms with Crippen LogP contribution in [0.2, 0.25) is 0 Å². The highest BCUT2D eigenvalue weighted by molar-refractivity contribution is 7.89. The molecule has 0 unspecified atom stereocenters. The van der Waals surface area contributed by atoms with Gasteiger partial charge in [-0.25, -0.2) is 8.42 Å². The highest BCUT2D eigenvalue weighted by atomic mass is 32.2.